The van der Waals surface area contributed by atoms with Gasteiger partial charge in [-0.2, -0.15) is 5.10 Å². The van der Waals surface area contributed by atoms with Gasteiger partial charge in [-0.25, -0.2) is 4.39 Å². The summed E-state index contributed by atoms with van der Waals surface area (Å²) in [6.07, 6.45) is 4.36. The first-order valence-electron chi connectivity index (χ1n) is 9.72. The van der Waals surface area contributed by atoms with Crippen LogP contribution in [0.3, 0.4) is 0 Å². The molecule has 0 aliphatic rings. The van der Waals surface area contributed by atoms with Gasteiger partial charge in [0, 0.05) is 54.1 Å². The minimum Gasteiger partial charge on any atom is -0.389 e. The average Bonchev–Trinajstić information content (AvgIpc) is 3.27. The zero-order valence-corrected chi connectivity index (χ0v) is 17.1. The van der Waals surface area contributed by atoms with Crippen LogP contribution < -0.4 is 16.4 Å². The SMILES string of the molecule is Cc1cccc(-c2n[nH]cc2-c2ccc(F)c(/C(C=N)=C/NCCNC(=O)CN)c2)n1. The maximum absolute atomic E-state index is 14.6. The first-order chi connectivity index (χ1) is 15.0. The van der Waals surface area contributed by atoms with Crippen molar-refractivity contribution in [1.29, 1.82) is 5.41 Å². The molecule has 0 aliphatic heterocycles. The van der Waals surface area contributed by atoms with Crippen molar-refractivity contribution in [1.82, 2.24) is 25.8 Å². The summed E-state index contributed by atoms with van der Waals surface area (Å²) >= 11 is 0. The molecule has 1 aromatic carbocycles. The van der Waals surface area contributed by atoms with E-state index < -0.39 is 5.82 Å². The van der Waals surface area contributed by atoms with E-state index in [2.05, 4.69) is 25.8 Å². The molecule has 6 N–H and O–H groups in total. The number of carbonyl (C=O) groups excluding carboxylic acids is 1. The van der Waals surface area contributed by atoms with Crippen molar-refractivity contribution in [2.24, 2.45) is 5.73 Å². The van der Waals surface area contributed by atoms with E-state index in [9.17, 15) is 9.18 Å². The summed E-state index contributed by atoms with van der Waals surface area (Å²) in [5, 5.41) is 20.5. The maximum Gasteiger partial charge on any atom is 0.233 e. The molecule has 2 heterocycles. The molecule has 9 heteroatoms. The summed E-state index contributed by atoms with van der Waals surface area (Å²) in [6, 6.07) is 10.4. The summed E-state index contributed by atoms with van der Waals surface area (Å²) in [6.45, 7) is 2.60. The van der Waals surface area contributed by atoms with Crippen molar-refractivity contribution in [3.8, 4) is 22.5 Å². The zero-order chi connectivity index (χ0) is 22.2. The number of hydrogen-bond donors (Lipinski definition) is 5. The lowest BCUT2D eigenvalue weighted by atomic mass is 9.98. The van der Waals surface area contributed by atoms with Crippen molar-refractivity contribution < 1.29 is 9.18 Å². The van der Waals surface area contributed by atoms with E-state index in [1.807, 2.05) is 25.1 Å². The van der Waals surface area contributed by atoms with Crippen LogP contribution in [0.1, 0.15) is 11.3 Å². The Morgan fingerprint density at radius 2 is 2.13 bits per heavy atom. The Kier molecular flexibility index (Phi) is 7.23. The molecule has 3 rings (SSSR count). The Morgan fingerprint density at radius 3 is 2.87 bits per heavy atom. The highest BCUT2D eigenvalue weighted by Crippen LogP contribution is 2.31. The lowest BCUT2D eigenvalue weighted by molar-refractivity contribution is -0.119. The van der Waals surface area contributed by atoms with Crippen LogP contribution in [0.5, 0.6) is 0 Å². The van der Waals surface area contributed by atoms with Crippen molar-refractivity contribution in [2.45, 2.75) is 6.92 Å². The molecule has 31 heavy (non-hydrogen) atoms. The topological polar surface area (TPSA) is 133 Å². The van der Waals surface area contributed by atoms with Gasteiger partial charge in [0.05, 0.1) is 12.2 Å². The summed E-state index contributed by atoms with van der Waals surface area (Å²) in [4.78, 5) is 15.7. The highest BCUT2D eigenvalue weighted by Gasteiger charge is 2.15. The number of carbonyl (C=O) groups is 1. The van der Waals surface area contributed by atoms with Crippen LogP contribution in [0.2, 0.25) is 0 Å². The molecule has 2 aromatic heterocycles. The van der Waals surface area contributed by atoms with Gasteiger partial charge < -0.3 is 21.8 Å². The molecule has 0 atom stereocenters. The number of nitrogens with two attached hydrogens (primary N) is 1. The van der Waals surface area contributed by atoms with Gasteiger partial charge in [0.2, 0.25) is 5.91 Å². The summed E-state index contributed by atoms with van der Waals surface area (Å²) in [5.41, 5.74) is 9.64. The van der Waals surface area contributed by atoms with Gasteiger partial charge in [-0.1, -0.05) is 12.1 Å². The first kappa shape index (κ1) is 21.8. The third kappa shape index (κ3) is 5.40. The number of pyridine rings is 1. The van der Waals surface area contributed by atoms with E-state index in [1.54, 1.807) is 24.5 Å². The number of nitrogens with one attached hydrogen (secondary N) is 4. The molecule has 8 nitrogen and oxygen atoms in total. The Morgan fingerprint density at radius 1 is 1.29 bits per heavy atom. The molecular formula is C22H24FN7O. The Hall–Kier alpha value is -3.85. The van der Waals surface area contributed by atoms with E-state index in [1.165, 1.54) is 6.07 Å². The van der Waals surface area contributed by atoms with Gasteiger partial charge in [0.15, 0.2) is 0 Å². The van der Waals surface area contributed by atoms with Crippen molar-refractivity contribution in [2.75, 3.05) is 19.6 Å². The van der Waals surface area contributed by atoms with Crippen LogP contribution in [-0.2, 0) is 4.79 Å². The number of allylic oxidation sites excluding steroid dienone is 1. The fourth-order valence-electron chi connectivity index (χ4n) is 3.02. The monoisotopic (exact) mass is 421 g/mol. The number of amides is 1. The van der Waals surface area contributed by atoms with Gasteiger partial charge in [-0.15, -0.1) is 0 Å². The highest BCUT2D eigenvalue weighted by atomic mass is 19.1. The van der Waals surface area contributed by atoms with Crippen molar-refractivity contribution in [3.63, 3.8) is 0 Å². The Bertz CT molecular complexity index is 1110. The molecule has 0 unspecified atom stereocenters. The number of aromatic amines is 1. The van der Waals surface area contributed by atoms with E-state index >= 15 is 0 Å². The number of aromatic nitrogens is 3. The normalized spacial score (nSPS) is 11.3. The lowest BCUT2D eigenvalue weighted by Gasteiger charge is -2.09. The van der Waals surface area contributed by atoms with Crippen molar-refractivity contribution >= 4 is 17.7 Å². The van der Waals surface area contributed by atoms with Gasteiger partial charge in [0.25, 0.3) is 0 Å². The molecule has 1 amide bonds. The van der Waals surface area contributed by atoms with Gasteiger partial charge in [-0.3, -0.25) is 14.9 Å². The van der Waals surface area contributed by atoms with Gasteiger partial charge in [0.1, 0.15) is 11.5 Å². The second kappa shape index (κ2) is 10.3. The average molecular weight is 421 g/mol. The Labute approximate surface area is 179 Å². The largest absolute Gasteiger partial charge is 0.389 e. The predicted molar refractivity (Wildman–Crippen MR) is 119 cm³/mol. The minimum absolute atomic E-state index is 0.0757. The maximum atomic E-state index is 14.6. The van der Waals surface area contributed by atoms with Crippen LogP contribution in [-0.4, -0.2) is 46.9 Å². The third-order valence-electron chi connectivity index (χ3n) is 4.55. The number of nitrogens with zero attached hydrogens (tertiary/aromatic N) is 2. The zero-order valence-electron chi connectivity index (χ0n) is 17.1. The molecule has 3 aromatic rings. The van der Waals surface area contributed by atoms with Crippen LogP contribution in [0.15, 0.2) is 48.8 Å². The lowest BCUT2D eigenvalue weighted by Crippen LogP contribution is -2.34. The molecule has 0 radical (unpaired) electrons. The quantitative estimate of drug-likeness (QED) is 0.267. The smallest absolute Gasteiger partial charge is 0.233 e. The molecule has 0 bridgehead atoms. The fraction of sp³-hybridized carbons (Fsp3) is 0.182. The minimum atomic E-state index is -0.449. The Balaban J connectivity index is 1.85. The van der Waals surface area contributed by atoms with Gasteiger partial charge >= 0.3 is 0 Å². The van der Waals surface area contributed by atoms with Crippen LogP contribution in [0.4, 0.5) is 4.39 Å². The molecule has 0 aliphatic carbocycles. The summed E-state index contributed by atoms with van der Waals surface area (Å²) in [7, 11) is 0. The van der Waals surface area contributed by atoms with E-state index in [0.29, 0.717) is 30.1 Å². The number of aryl methyl sites for hydroxylation is 1. The number of rotatable bonds is 9. The fourth-order valence-corrected chi connectivity index (χ4v) is 3.02. The van der Waals surface area contributed by atoms with Gasteiger partial charge in [-0.05, 0) is 36.8 Å². The molecule has 0 fully saturated rings. The number of H-pyrrole nitrogens is 1. The molecular weight excluding hydrogens is 397 g/mol. The molecule has 0 saturated carbocycles. The summed E-state index contributed by atoms with van der Waals surface area (Å²) < 4.78 is 14.6. The van der Waals surface area contributed by atoms with Crippen molar-refractivity contribution in [3.05, 3.63) is 65.9 Å². The predicted octanol–water partition coefficient (Wildman–Crippen LogP) is 2.24. The third-order valence-corrected chi connectivity index (χ3v) is 4.55. The number of halogens is 1. The second-order valence-electron chi connectivity index (χ2n) is 6.76. The van der Waals surface area contributed by atoms with E-state index in [4.69, 9.17) is 11.1 Å². The molecule has 0 saturated heterocycles. The number of hydrogen-bond acceptors (Lipinski definition) is 6. The van der Waals surface area contributed by atoms with Crippen LogP contribution in [0.25, 0.3) is 28.1 Å². The number of benzene rings is 1. The second-order valence-corrected chi connectivity index (χ2v) is 6.76. The first-order valence-corrected chi connectivity index (χ1v) is 9.72. The summed E-state index contributed by atoms with van der Waals surface area (Å²) in [5.74, 6) is -0.703. The standard InChI is InChI=1S/C22H24FN7O/c1-14-3-2-4-20(29-14)22-18(13-28-30-22)15-5-6-19(23)17(9-15)16(10-24)12-26-7-8-27-21(31)11-25/h2-6,9-10,12-13,24,26H,7-8,11,25H2,1H3,(H,27,31)(H,28,30)/b16-12+,24-10?. The van der Waals surface area contributed by atoms with Crippen LogP contribution in [0, 0.1) is 18.2 Å². The molecule has 160 valence electrons. The van der Waals surface area contributed by atoms with E-state index in [-0.39, 0.29) is 18.0 Å². The van der Waals surface area contributed by atoms with Crippen LogP contribution >= 0.6 is 0 Å². The molecule has 0 spiro atoms. The van der Waals surface area contributed by atoms with E-state index in [0.717, 1.165) is 23.0 Å². The highest BCUT2D eigenvalue weighted by molar-refractivity contribution is 6.08.